The van der Waals surface area contributed by atoms with Crippen LogP contribution in [-0.2, 0) is 11.2 Å². The minimum atomic E-state index is -0.163. The number of primary amides is 1. The van der Waals surface area contributed by atoms with Crippen LogP contribution in [0.5, 0.6) is 0 Å². The molecule has 3 heteroatoms. The Morgan fingerprint density at radius 3 is 2.94 bits per heavy atom. The number of nitrogens with two attached hydrogens (primary N) is 1. The van der Waals surface area contributed by atoms with Crippen molar-refractivity contribution in [3.8, 4) is 0 Å². The number of piperidine rings is 1. The van der Waals surface area contributed by atoms with Crippen molar-refractivity contribution in [2.45, 2.75) is 26.2 Å². The van der Waals surface area contributed by atoms with Crippen LogP contribution in [0, 0.1) is 5.92 Å². The van der Waals surface area contributed by atoms with Crippen LogP contribution in [0.3, 0.4) is 0 Å². The molecule has 3 nitrogen and oxygen atoms in total. The molecule has 0 saturated carbocycles. The molecule has 1 amide bonds. The molecule has 2 N–H and O–H groups in total. The summed E-state index contributed by atoms with van der Waals surface area (Å²) in [7, 11) is 0. The van der Waals surface area contributed by atoms with Gasteiger partial charge in [0.05, 0.1) is 5.92 Å². The van der Waals surface area contributed by atoms with Crippen LogP contribution in [-0.4, -0.2) is 19.0 Å². The first kappa shape index (κ1) is 12.0. The van der Waals surface area contributed by atoms with Gasteiger partial charge in [-0.25, -0.2) is 0 Å². The molecule has 1 unspecified atom stereocenters. The third kappa shape index (κ3) is 2.60. The fourth-order valence-electron chi connectivity index (χ4n) is 2.55. The molecule has 17 heavy (non-hydrogen) atoms. The molecule has 1 aromatic rings. The lowest BCUT2D eigenvalue weighted by atomic mass is 9.96. The van der Waals surface area contributed by atoms with Crippen LogP contribution in [0.2, 0.25) is 0 Å². The van der Waals surface area contributed by atoms with Gasteiger partial charge in [-0.15, -0.1) is 0 Å². The van der Waals surface area contributed by atoms with Gasteiger partial charge < -0.3 is 10.6 Å². The van der Waals surface area contributed by atoms with Crippen LogP contribution in [0.15, 0.2) is 24.3 Å². The summed E-state index contributed by atoms with van der Waals surface area (Å²) < 4.78 is 0. The summed E-state index contributed by atoms with van der Waals surface area (Å²) in [6.07, 6.45) is 3.00. The van der Waals surface area contributed by atoms with E-state index in [1.54, 1.807) is 0 Å². The summed E-state index contributed by atoms with van der Waals surface area (Å²) in [5.41, 5.74) is 8.02. The van der Waals surface area contributed by atoms with Gasteiger partial charge in [0.1, 0.15) is 0 Å². The van der Waals surface area contributed by atoms with E-state index in [4.69, 9.17) is 5.73 Å². The largest absolute Gasteiger partial charge is 0.371 e. The molecule has 1 aliphatic heterocycles. The van der Waals surface area contributed by atoms with Crippen molar-refractivity contribution in [2.24, 2.45) is 11.7 Å². The van der Waals surface area contributed by atoms with Crippen molar-refractivity contribution in [1.82, 2.24) is 0 Å². The molecule has 0 radical (unpaired) electrons. The number of hydrogen-bond donors (Lipinski definition) is 1. The van der Waals surface area contributed by atoms with Gasteiger partial charge in [0.2, 0.25) is 5.91 Å². The highest BCUT2D eigenvalue weighted by Gasteiger charge is 2.24. The number of amides is 1. The van der Waals surface area contributed by atoms with Crippen molar-refractivity contribution in [3.05, 3.63) is 29.8 Å². The molecule has 1 atom stereocenters. The van der Waals surface area contributed by atoms with Gasteiger partial charge >= 0.3 is 0 Å². The first-order valence-electron chi connectivity index (χ1n) is 6.34. The fraction of sp³-hybridized carbons (Fsp3) is 0.500. The summed E-state index contributed by atoms with van der Waals surface area (Å²) in [5, 5.41) is 0. The fourth-order valence-corrected chi connectivity index (χ4v) is 2.55. The van der Waals surface area contributed by atoms with E-state index in [1.165, 1.54) is 11.3 Å². The van der Waals surface area contributed by atoms with Gasteiger partial charge in [-0.1, -0.05) is 25.1 Å². The minimum absolute atomic E-state index is 0.00802. The highest BCUT2D eigenvalue weighted by molar-refractivity contribution is 5.77. The lowest BCUT2D eigenvalue weighted by Crippen LogP contribution is -2.41. The Morgan fingerprint density at radius 2 is 2.24 bits per heavy atom. The zero-order valence-corrected chi connectivity index (χ0v) is 10.4. The zero-order chi connectivity index (χ0) is 12.3. The molecule has 1 saturated heterocycles. The molecule has 0 aliphatic carbocycles. The van der Waals surface area contributed by atoms with E-state index in [1.807, 2.05) is 0 Å². The second-order valence-electron chi connectivity index (χ2n) is 4.67. The zero-order valence-electron chi connectivity index (χ0n) is 10.4. The Balaban J connectivity index is 2.18. The Kier molecular flexibility index (Phi) is 3.67. The number of carbonyl (C=O) groups is 1. The minimum Gasteiger partial charge on any atom is -0.371 e. The van der Waals surface area contributed by atoms with Gasteiger partial charge in [-0.05, 0) is 30.9 Å². The molecule has 0 spiro atoms. The van der Waals surface area contributed by atoms with E-state index in [0.717, 1.165) is 32.4 Å². The van der Waals surface area contributed by atoms with Crippen molar-refractivity contribution < 1.29 is 4.79 Å². The first-order chi connectivity index (χ1) is 8.22. The third-order valence-corrected chi connectivity index (χ3v) is 3.54. The number of para-hydroxylation sites is 1. The van der Waals surface area contributed by atoms with E-state index < -0.39 is 0 Å². The van der Waals surface area contributed by atoms with Gasteiger partial charge in [0.15, 0.2) is 0 Å². The lowest BCUT2D eigenvalue weighted by Gasteiger charge is -2.34. The van der Waals surface area contributed by atoms with Gasteiger partial charge in [-0.3, -0.25) is 4.79 Å². The number of benzene rings is 1. The van der Waals surface area contributed by atoms with Crippen LogP contribution in [0.1, 0.15) is 25.3 Å². The number of rotatable bonds is 3. The monoisotopic (exact) mass is 232 g/mol. The van der Waals surface area contributed by atoms with Crippen molar-refractivity contribution in [3.63, 3.8) is 0 Å². The average molecular weight is 232 g/mol. The smallest absolute Gasteiger partial charge is 0.222 e. The average Bonchev–Trinajstić information content (AvgIpc) is 2.39. The number of hydrogen-bond acceptors (Lipinski definition) is 2. The Morgan fingerprint density at radius 1 is 1.47 bits per heavy atom. The summed E-state index contributed by atoms with van der Waals surface area (Å²) in [4.78, 5) is 13.6. The van der Waals surface area contributed by atoms with Gasteiger partial charge in [0, 0.05) is 18.8 Å². The molecular formula is C14H20N2O. The highest BCUT2D eigenvalue weighted by atomic mass is 16.1. The van der Waals surface area contributed by atoms with Crippen molar-refractivity contribution in [2.75, 3.05) is 18.0 Å². The number of aryl methyl sites for hydroxylation is 1. The quantitative estimate of drug-likeness (QED) is 0.865. The van der Waals surface area contributed by atoms with Crippen LogP contribution in [0.4, 0.5) is 5.69 Å². The van der Waals surface area contributed by atoms with Gasteiger partial charge in [0.25, 0.3) is 0 Å². The maximum absolute atomic E-state index is 11.3. The summed E-state index contributed by atoms with van der Waals surface area (Å²) >= 11 is 0. The predicted octanol–water partition coefficient (Wildman–Crippen LogP) is 1.95. The molecule has 1 aromatic carbocycles. The van der Waals surface area contributed by atoms with E-state index >= 15 is 0 Å². The molecule has 1 aliphatic rings. The normalized spacial score (nSPS) is 20.3. The van der Waals surface area contributed by atoms with Crippen molar-refractivity contribution in [1.29, 1.82) is 0 Å². The first-order valence-corrected chi connectivity index (χ1v) is 6.34. The molecule has 1 fully saturated rings. The number of nitrogens with zero attached hydrogens (tertiary/aromatic N) is 1. The molecule has 1 heterocycles. The molecule has 2 rings (SSSR count). The van der Waals surface area contributed by atoms with Crippen LogP contribution < -0.4 is 10.6 Å². The number of anilines is 1. The molecule has 92 valence electrons. The van der Waals surface area contributed by atoms with Crippen molar-refractivity contribution >= 4 is 11.6 Å². The van der Waals surface area contributed by atoms with Crippen LogP contribution in [0.25, 0.3) is 0 Å². The maximum atomic E-state index is 11.3. The Bertz CT molecular complexity index is 403. The van der Waals surface area contributed by atoms with E-state index in [0.29, 0.717) is 0 Å². The topological polar surface area (TPSA) is 46.3 Å². The Labute approximate surface area is 103 Å². The SMILES string of the molecule is CCc1ccccc1N1CCCC(C(N)=O)C1. The van der Waals surface area contributed by atoms with E-state index in [2.05, 4.69) is 36.1 Å². The summed E-state index contributed by atoms with van der Waals surface area (Å²) in [5.74, 6) is -0.155. The summed E-state index contributed by atoms with van der Waals surface area (Å²) in [6.45, 7) is 3.96. The molecular weight excluding hydrogens is 212 g/mol. The third-order valence-electron chi connectivity index (χ3n) is 3.54. The maximum Gasteiger partial charge on any atom is 0.222 e. The second kappa shape index (κ2) is 5.21. The predicted molar refractivity (Wildman–Crippen MR) is 70.0 cm³/mol. The Hall–Kier alpha value is -1.51. The van der Waals surface area contributed by atoms with E-state index in [9.17, 15) is 4.79 Å². The second-order valence-corrected chi connectivity index (χ2v) is 4.67. The number of carbonyl (C=O) groups excluding carboxylic acids is 1. The standard InChI is InChI=1S/C14H20N2O/c1-2-11-6-3-4-8-13(11)16-9-5-7-12(10-16)14(15)17/h3-4,6,8,12H,2,5,7,9-10H2,1H3,(H2,15,17). The van der Waals surface area contributed by atoms with Crippen LogP contribution >= 0.6 is 0 Å². The molecule has 0 aromatic heterocycles. The van der Waals surface area contributed by atoms with Gasteiger partial charge in [-0.2, -0.15) is 0 Å². The summed E-state index contributed by atoms with van der Waals surface area (Å²) in [6, 6.07) is 8.42. The molecule has 0 bridgehead atoms. The van der Waals surface area contributed by atoms with E-state index in [-0.39, 0.29) is 11.8 Å². The highest BCUT2D eigenvalue weighted by Crippen LogP contribution is 2.26. The lowest BCUT2D eigenvalue weighted by molar-refractivity contribution is -0.122.